The van der Waals surface area contributed by atoms with Crippen molar-refractivity contribution < 1.29 is 0 Å². The summed E-state index contributed by atoms with van der Waals surface area (Å²) in [5.74, 6) is 0. The lowest BCUT2D eigenvalue weighted by Crippen LogP contribution is -1.96. The molecule has 0 aliphatic rings. The SMILES string of the molecule is Cc1ccc(/C(C#N)=C(\c2ccc(C)cc2)c2cccc3ccccc23)cc1. The van der Waals surface area contributed by atoms with Crippen molar-refractivity contribution in [3.63, 3.8) is 0 Å². The molecule has 0 atom stereocenters. The largest absolute Gasteiger partial charge is 0.192 e. The second kappa shape index (κ2) is 7.55. The molecule has 1 heteroatoms. The van der Waals surface area contributed by atoms with Crippen LogP contribution in [0.3, 0.4) is 0 Å². The van der Waals surface area contributed by atoms with Gasteiger partial charge in [-0.05, 0) is 41.3 Å². The smallest absolute Gasteiger partial charge is 0.100 e. The Balaban J connectivity index is 2.08. The molecule has 0 unspecified atom stereocenters. The van der Waals surface area contributed by atoms with E-state index in [4.69, 9.17) is 0 Å². The third-order valence-electron chi connectivity index (χ3n) is 5.10. The number of hydrogen-bond acceptors (Lipinski definition) is 1. The first kappa shape index (κ1) is 17.8. The van der Waals surface area contributed by atoms with Crippen LogP contribution < -0.4 is 0 Å². The van der Waals surface area contributed by atoms with Crippen LogP contribution in [0.25, 0.3) is 21.9 Å². The molecule has 4 aromatic carbocycles. The lowest BCUT2D eigenvalue weighted by Gasteiger charge is -2.15. The molecule has 0 fully saturated rings. The van der Waals surface area contributed by atoms with Crippen molar-refractivity contribution in [2.45, 2.75) is 13.8 Å². The molecule has 134 valence electrons. The van der Waals surface area contributed by atoms with Crippen molar-refractivity contribution in [3.05, 3.63) is 119 Å². The summed E-state index contributed by atoms with van der Waals surface area (Å²) < 4.78 is 0. The molecular formula is C27H21N. The van der Waals surface area contributed by atoms with Crippen LogP contribution in [0.1, 0.15) is 27.8 Å². The van der Waals surface area contributed by atoms with Crippen molar-refractivity contribution in [3.8, 4) is 6.07 Å². The van der Waals surface area contributed by atoms with Gasteiger partial charge in [-0.15, -0.1) is 0 Å². The molecule has 0 aliphatic heterocycles. The van der Waals surface area contributed by atoms with Crippen LogP contribution in [0.5, 0.6) is 0 Å². The van der Waals surface area contributed by atoms with Crippen LogP contribution in [0.15, 0.2) is 91.0 Å². The van der Waals surface area contributed by atoms with Gasteiger partial charge >= 0.3 is 0 Å². The molecule has 0 radical (unpaired) electrons. The Labute approximate surface area is 166 Å². The number of hydrogen-bond donors (Lipinski definition) is 0. The standard InChI is InChI=1S/C27H21N/c1-19-10-14-22(15-11-19)26(18-28)27(23-16-12-20(2)13-17-23)25-9-5-7-21-6-3-4-8-24(21)25/h3-17H,1-2H3/b27-26+. The first-order chi connectivity index (χ1) is 13.7. The Morgan fingerprint density at radius 3 is 1.86 bits per heavy atom. The summed E-state index contributed by atoms with van der Waals surface area (Å²) in [7, 11) is 0. The third-order valence-corrected chi connectivity index (χ3v) is 5.10. The van der Waals surface area contributed by atoms with E-state index in [2.05, 4.69) is 92.7 Å². The summed E-state index contributed by atoms with van der Waals surface area (Å²) >= 11 is 0. The topological polar surface area (TPSA) is 23.8 Å². The van der Waals surface area contributed by atoms with E-state index in [-0.39, 0.29) is 0 Å². The molecule has 4 rings (SSSR count). The maximum Gasteiger partial charge on any atom is 0.100 e. The average Bonchev–Trinajstić information content (AvgIpc) is 2.73. The van der Waals surface area contributed by atoms with Gasteiger partial charge in [-0.2, -0.15) is 5.26 Å². The van der Waals surface area contributed by atoms with E-state index in [1.165, 1.54) is 16.5 Å². The average molecular weight is 359 g/mol. The van der Waals surface area contributed by atoms with Gasteiger partial charge in [0, 0.05) is 5.57 Å². The molecule has 0 amide bonds. The fraction of sp³-hybridized carbons (Fsp3) is 0.0741. The van der Waals surface area contributed by atoms with Crippen LogP contribution >= 0.6 is 0 Å². The molecule has 4 aromatic rings. The summed E-state index contributed by atoms with van der Waals surface area (Å²) in [4.78, 5) is 0. The summed E-state index contributed by atoms with van der Waals surface area (Å²) in [5, 5.41) is 12.5. The van der Waals surface area contributed by atoms with E-state index in [9.17, 15) is 5.26 Å². The number of rotatable bonds is 3. The molecule has 0 aliphatic carbocycles. The van der Waals surface area contributed by atoms with Crippen LogP contribution in [-0.4, -0.2) is 0 Å². The summed E-state index contributed by atoms with van der Waals surface area (Å²) in [6.07, 6.45) is 0. The quantitative estimate of drug-likeness (QED) is 0.287. The first-order valence-electron chi connectivity index (χ1n) is 9.44. The van der Waals surface area contributed by atoms with E-state index in [0.717, 1.165) is 27.6 Å². The van der Waals surface area contributed by atoms with Crippen molar-refractivity contribution >= 4 is 21.9 Å². The van der Waals surface area contributed by atoms with Gasteiger partial charge in [-0.3, -0.25) is 0 Å². The fourth-order valence-electron chi connectivity index (χ4n) is 3.58. The Morgan fingerprint density at radius 1 is 0.643 bits per heavy atom. The maximum atomic E-state index is 10.2. The van der Waals surface area contributed by atoms with Gasteiger partial charge in [-0.25, -0.2) is 0 Å². The van der Waals surface area contributed by atoms with Crippen molar-refractivity contribution in [1.82, 2.24) is 0 Å². The van der Waals surface area contributed by atoms with Gasteiger partial charge < -0.3 is 0 Å². The maximum absolute atomic E-state index is 10.2. The molecule has 0 bridgehead atoms. The van der Waals surface area contributed by atoms with E-state index in [0.29, 0.717) is 5.57 Å². The van der Waals surface area contributed by atoms with E-state index < -0.39 is 0 Å². The van der Waals surface area contributed by atoms with Gasteiger partial charge in [0.15, 0.2) is 0 Å². The zero-order valence-electron chi connectivity index (χ0n) is 16.1. The Morgan fingerprint density at radius 2 is 1.21 bits per heavy atom. The van der Waals surface area contributed by atoms with E-state index in [1.54, 1.807) is 0 Å². The van der Waals surface area contributed by atoms with Crippen LogP contribution in [0, 0.1) is 25.2 Å². The number of benzene rings is 4. The highest BCUT2D eigenvalue weighted by atomic mass is 14.3. The molecule has 0 aromatic heterocycles. The molecule has 1 nitrogen and oxygen atoms in total. The molecule has 0 saturated heterocycles. The molecule has 0 saturated carbocycles. The predicted molar refractivity (Wildman–Crippen MR) is 118 cm³/mol. The van der Waals surface area contributed by atoms with Gasteiger partial charge in [0.1, 0.15) is 6.07 Å². The number of nitriles is 1. The summed E-state index contributed by atoms with van der Waals surface area (Å²) in [6.45, 7) is 4.14. The fourth-order valence-corrected chi connectivity index (χ4v) is 3.58. The molecular weight excluding hydrogens is 338 g/mol. The third kappa shape index (κ3) is 3.33. The lowest BCUT2D eigenvalue weighted by molar-refractivity contribution is 1.43. The second-order valence-electron chi connectivity index (χ2n) is 7.12. The van der Waals surface area contributed by atoms with Crippen LogP contribution in [0.2, 0.25) is 0 Å². The minimum absolute atomic E-state index is 0.695. The monoisotopic (exact) mass is 359 g/mol. The molecule has 0 N–H and O–H groups in total. The Bertz CT molecular complexity index is 1200. The van der Waals surface area contributed by atoms with Crippen LogP contribution in [0.4, 0.5) is 0 Å². The Hall–Kier alpha value is -3.63. The zero-order valence-corrected chi connectivity index (χ0v) is 16.1. The molecule has 28 heavy (non-hydrogen) atoms. The number of fused-ring (bicyclic) bond motifs is 1. The second-order valence-corrected chi connectivity index (χ2v) is 7.12. The number of aryl methyl sites for hydroxylation is 2. The number of allylic oxidation sites excluding steroid dienone is 1. The minimum atomic E-state index is 0.695. The highest BCUT2D eigenvalue weighted by Crippen LogP contribution is 2.36. The van der Waals surface area contributed by atoms with Crippen molar-refractivity contribution in [2.75, 3.05) is 0 Å². The van der Waals surface area contributed by atoms with Gasteiger partial charge in [0.05, 0.1) is 5.57 Å². The summed E-state index contributed by atoms with van der Waals surface area (Å²) in [5.41, 5.74) is 7.14. The predicted octanol–water partition coefficient (Wildman–Crippen LogP) is 6.94. The Kier molecular flexibility index (Phi) is 4.79. The van der Waals surface area contributed by atoms with Crippen molar-refractivity contribution in [2.24, 2.45) is 0 Å². The van der Waals surface area contributed by atoms with E-state index in [1.807, 2.05) is 18.2 Å². The van der Waals surface area contributed by atoms with E-state index >= 15 is 0 Å². The van der Waals surface area contributed by atoms with Gasteiger partial charge in [-0.1, -0.05) is 102 Å². The zero-order chi connectivity index (χ0) is 19.5. The van der Waals surface area contributed by atoms with Gasteiger partial charge in [0.2, 0.25) is 0 Å². The molecule has 0 heterocycles. The minimum Gasteiger partial charge on any atom is -0.192 e. The van der Waals surface area contributed by atoms with Gasteiger partial charge in [0.25, 0.3) is 0 Å². The summed E-state index contributed by atoms with van der Waals surface area (Å²) in [6, 6.07) is 33.7. The highest BCUT2D eigenvalue weighted by Gasteiger charge is 2.16. The normalized spacial score (nSPS) is 11.8. The van der Waals surface area contributed by atoms with Crippen LogP contribution in [-0.2, 0) is 0 Å². The molecule has 0 spiro atoms. The number of nitrogens with zero attached hydrogens (tertiary/aromatic N) is 1. The lowest BCUT2D eigenvalue weighted by atomic mass is 9.87. The first-order valence-corrected chi connectivity index (χ1v) is 9.44. The highest BCUT2D eigenvalue weighted by molar-refractivity contribution is 6.09. The van der Waals surface area contributed by atoms with Crippen molar-refractivity contribution in [1.29, 1.82) is 5.26 Å².